The number of ether oxygens (including phenoxy) is 1. The van der Waals surface area contributed by atoms with Crippen LogP contribution in [0.3, 0.4) is 0 Å². The van der Waals surface area contributed by atoms with Crippen molar-refractivity contribution in [3.05, 3.63) is 12.4 Å². The molecule has 0 aromatic carbocycles. The maximum Gasteiger partial charge on any atom is 0.348 e. The summed E-state index contributed by atoms with van der Waals surface area (Å²) in [6.07, 6.45) is 12.0. The van der Waals surface area contributed by atoms with E-state index in [0.29, 0.717) is 6.54 Å². The molecule has 0 aliphatic heterocycles. The van der Waals surface area contributed by atoms with Gasteiger partial charge in [0.1, 0.15) is 6.23 Å². The number of carbonyl (C=O) groups is 1. The highest BCUT2D eigenvalue weighted by atomic mass is 16.5. The number of nitrogens with zero attached hydrogens (tertiary/aromatic N) is 4. The van der Waals surface area contributed by atoms with Gasteiger partial charge in [-0.3, -0.25) is 4.90 Å². The first kappa shape index (κ1) is 16.9. The van der Waals surface area contributed by atoms with Gasteiger partial charge in [-0.25, -0.2) is 4.79 Å². The smallest absolute Gasteiger partial charge is 0.348 e. The maximum atomic E-state index is 12.7. The lowest BCUT2D eigenvalue weighted by atomic mass is 9.98. The number of carbonyl (C=O) groups excluding carboxylic acids is 1. The van der Waals surface area contributed by atoms with Crippen molar-refractivity contribution in [2.24, 2.45) is 0 Å². The van der Waals surface area contributed by atoms with Crippen molar-refractivity contribution in [1.29, 1.82) is 0 Å². The fourth-order valence-corrected chi connectivity index (χ4v) is 3.01. The highest BCUT2D eigenvalue weighted by molar-refractivity contribution is 5.75. The third-order valence-electron chi connectivity index (χ3n) is 4.11. The van der Waals surface area contributed by atoms with Crippen LogP contribution < -0.4 is 0 Å². The monoisotopic (exact) mass is 308 g/mol. The van der Waals surface area contributed by atoms with Gasteiger partial charge < -0.3 is 4.74 Å². The molecule has 1 atom stereocenters. The molecule has 6 heteroatoms. The van der Waals surface area contributed by atoms with Crippen LogP contribution in [0.2, 0.25) is 0 Å². The molecule has 1 aromatic heterocycles. The molecule has 1 saturated carbocycles. The Bertz CT molecular complexity index is 429. The van der Waals surface area contributed by atoms with Crippen molar-refractivity contribution in [1.82, 2.24) is 19.9 Å². The van der Waals surface area contributed by atoms with E-state index in [0.717, 1.165) is 32.1 Å². The second kappa shape index (κ2) is 8.88. The van der Waals surface area contributed by atoms with Gasteiger partial charge in [0.05, 0.1) is 18.5 Å². The highest BCUT2D eigenvalue weighted by Gasteiger charge is 2.28. The lowest BCUT2D eigenvalue weighted by Crippen LogP contribution is -2.46. The first-order valence-corrected chi connectivity index (χ1v) is 8.59. The van der Waals surface area contributed by atoms with Gasteiger partial charge in [0.25, 0.3) is 0 Å². The maximum absolute atomic E-state index is 12.7. The van der Waals surface area contributed by atoms with Gasteiger partial charge in [0.15, 0.2) is 0 Å². The van der Waals surface area contributed by atoms with Crippen LogP contribution in [0.5, 0.6) is 0 Å². The Kier molecular flexibility index (Phi) is 6.83. The number of hydrogen-bond donors (Lipinski definition) is 0. The predicted molar refractivity (Wildman–Crippen MR) is 84.5 cm³/mol. The van der Waals surface area contributed by atoms with E-state index in [-0.39, 0.29) is 18.4 Å². The largest absolute Gasteiger partial charge is 0.355 e. The summed E-state index contributed by atoms with van der Waals surface area (Å²) in [6.45, 7) is 4.88. The topological polar surface area (TPSA) is 60.2 Å². The number of rotatable bonds is 7. The molecular formula is C16H28N4O2. The molecular weight excluding hydrogens is 280 g/mol. The van der Waals surface area contributed by atoms with Crippen LogP contribution in [0, 0.1) is 0 Å². The minimum atomic E-state index is -0.162. The summed E-state index contributed by atoms with van der Waals surface area (Å²) in [7, 11) is 0. The lowest BCUT2D eigenvalue weighted by Gasteiger charge is -2.35. The van der Waals surface area contributed by atoms with E-state index < -0.39 is 0 Å². The molecule has 0 saturated heterocycles. The van der Waals surface area contributed by atoms with Crippen molar-refractivity contribution in [3.8, 4) is 0 Å². The molecule has 0 bridgehead atoms. The number of hydrogen-bond acceptors (Lipinski definition) is 4. The second-order valence-electron chi connectivity index (χ2n) is 5.96. The fourth-order valence-electron chi connectivity index (χ4n) is 3.01. The minimum absolute atomic E-state index is 0.145. The van der Waals surface area contributed by atoms with Gasteiger partial charge in [-0.1, -0.05) is 44.7 Å². The summed E-state index contributed by atoms with van der Waals surface area (Å²) in [5.74, 6) is 0. The Labute approximate surface area is 132 Å². The molecule has 22 heavy (non-hydrogen) atoms. The van der Waals surface area contributed by atoms with Gasteiger partial charge in [-0.15, -0.1) is 5.10 Å². The van der Waals surface area contributed by atoms with Crippen LogP contribution in [0.1, 0.15) is 65.2 Å². The van der Waals surface area contributed by atoms with Crippen LogP contribution in [-0.4, -0.2) is 44.8 Å². The van der Waals surface area contributed by atoms with Crippen LogP contribution >= 0.6 is 0 Å². The summed E-state index contributed by atoms with van der Waals surface area (Å²) >= 11 is 0. The van der Waals surface area contributed by atoms with Crippen molar-refractivity contribution in [2.45, 2.75) is 77.5 Å². The summed E-state index contributed by atoms with van der Waals surface area (Å²) in [4.78, 5) is 14.5. The van der Waals surface area contributed by atoms with Crippen LogP contribution in [-0.2, 0) is 4.74 Å². The van der Waals surface area contributed by atoms with Gasteiger partial charge >= 0.3 is 6.03 Å². The first-order valence-electron chi connectivity index (χ1n) is 8.59. The Morgan fingerprint density at radius 3 is 2.68 bits per heavy atom. The minimum Gasteiger partial charge on any atom is -0.355 e. The highest BCUT2D eigenvalue weighted by Crippen LogP contribution is 2.24. The normalized spacial score (nSPS) is 17.4. The van der Waals surface area contributed by atoms with Gasteiger partial charge in [-0.2, -0.15) is 4.68 Å². The third kappa shape index (κ3) is 4.53. The Balaban J connectivity index is 2.07. The zero-order valence-electron chi connectivity index (χ0n) is 13.8. The fraction of sp³-hybridized carbons (Fsp3) is 0.812. The van der Waals surface area contributed by atoms with Crippen molar-refractivity contribution in [2.75, 3.05) is 6.54 Å². The van der Waals surface area contributed by atoms with E-state index >= 15 is 0 Å². The standard InChI is InChI=1S/C16H28N4O2/c1-3-8-15(22-14-9-6-5-7-10-14)19(12-4-2)16(21)20-13-11-17-18-20/h11,13-15H,3-10,12H2,1-2H3. The summed E-state index contributed by atoms with van der Waals surface area (Å²) in [6, 6.07) is -0.145. The average Bonchev–Trinajstić information content (AvgIpc) is 3.07. The number of amides is 1. The second-order valence-corrected chi connectivity index (χ2v) is 5.96. The molecule has 1 amide bonds. The summed E-state index contributed by atoms with van der Waals surface area (Å²) < 4.78 is 7.60. The molecule has 2 rings (SSSR count). The Hall–Kier alpha value is -1.43. The Morgan fingerprint density at radius 2 is 2.09 bits per heavy atom. The number of aromatic nitrogens is 3. The van der Waals surface area contributed by atoms with E-state index in [1.54, 1.807) is 6.20 Å². The average molecular weight is 308 g/mol. The molecule has 1 aromatic rings. The SMILES string of the molecule is CCCC(OC1CCCCC1)N(CCC)C(=O)n1ccnn1. The molecule has 1 heterocycles. The molecule has 0 spiro atoms. The Morgan fingerprint density at radius 1 is 1.32 bits per heavy atom. The van der Waals surface area contributed by atoms with E-state index in [1.807, 2.05) is 4.90 Å². The van der Waals surface area contributed by atoms with Crippen LogP contribution in [0.4, 0.5) is 4.79 Å². The van der Waals surface area contributed by atoms with Crippen molar-refractivity contribution < 1.29 is 9.53 Å². The van der Waals surface area contributed by atoms with Crippen LogP contribution in [0.25, 0.3) is 0 Å². The molecule has 1 fully saturated rings. The van der Waals surface area contributed by atoms with Gasteiger partial charge in [-0.05, 0) is 25.7 Å². The quantitative estimate of drug-likeness (QED) is 0.724. The zero-order valence-corrected chi connectivity index (χ0v) is 13.8. The van der Waals surface area contributed by atoms with E-state index in [9.17, 15) is 4.79 Å². The molecule has 1 aliphatic rings. The summed E-state index contributed by atoms with van der Waals surface area (Å²) in [5.41, 5.74) is 0. The lowest BCUT2D eigenvalue weighted by molar-refractivity contribution is -0.0963. The van der Waals surface area contributed by atoms with Crippen LogP contribution in [0.15, 0.2) is 12.4 Å². The zero-order chi connectivity index (χ0) is 15.8. The molecule has 1 aliphatic carbocycles. The molecule has 6 nitrogen and oxygen atoms in total. The molecule has 0 N–H and O–H groups in total. The van der Waals surface area contributed by atoms with Gasteiger partial charge in [0.2, 0.25) is 0 Å². The molecule has 0 radical (unpaired) electrons. The van der Waals surface area contributed by atoms with Gasteiger partial charge in [0, 0.05) is 6.54 Å². The summed E-state index contributed by atoms with van der Waals surface area (Å²) in [5, 5.41) is 7.56. The van der Waals surface area contributed by atoms with E-state index in [1.165, 1.54) is 30.1 Å². The van der Waals surface area contributed by atoms with E-state index in [4.69, 9.17) is 4.74 Å². The third-order valence-corrected chi connectivity index (χ3v) is 4.11. The predicted octanol–water partition coefficient (Wildman–Crippen LogP) is 3.43. The van der Waals surface area contributed by atoms with Crippen molar-refractivity contribution >= 4 is 6.03 Å². The molecule has 1 unspecified atom stereocenters. The molecule has 124 valence electrons. The first-order chi connectivity index (χ1) is 10.8. The van der Waals surface area contributed by atoms with E-state index in [2.05, 4.69) is 24.2 Å². The van der Waals surface area contributed by atoms with Crippen molar-refractivity contribution in [3.63, 3.8) is 0 Å².